The van der Waals surface area contributed by atoms with Crippen LogP contribution in [-0.4, -0.2) is 9.78 Å². The first-order valence-electron chi connectivity index (χ1n) is 6.54. The van der Waals surface area contributed by atoms with E-state index >= 15 is 0 Å². The number of hydrogen-bond donors (Lipinski definition) is 1. The molecule has 18 heavy (non-hydrogen) atoms. The van der Waals surface area contributed by atoms with Gasteiger partial charge in [0.05, 0.1) is 17.4 Å². The zero-order chi connectivity index (χ0) is 13.1. The lowest BCUT2D eigenvalue weighted by molar-refractivity contribution is 0.597. The van der Waals surface area contributed by atoms with Gasteiger partial charge in [0.2, 0.25) is 0 Å². The summed E-state index contributed by atoms with van der Waals surface area (Å²) >= 11 is 0. The Morgan fingerprint density at radius 3 is 2.44 bits per heavy atom. The molecule has 0 fully saturated rings. The van der Waals surface area contributed by atoms with Gasteiger partial charge in [0.25, 0.3) is 0 Å². The highest BCUT2D eigenvalue weighted by molar-refractivity contribution is 5.31. The molecule has 1 aromatic carbocycles. The van der Waals surface area contributed by atoms with Gasteiger partial charge in [-0.3, -0.25) is 4.68 Å². The summed E-state index contributed by atoms with van der Waals surface area (Å²) < 4.78 is 1.98. The van der Waals surface area contributed by atoms with E-state index in [0.717, 1.165) is 29.9 Å². The molecule has 2 N–H and O–H groups in total. The Morgan fingerprint density at radius 2 is 1.89 bits per heavy atom. The highest BCUT2D eigenvalue weighted by Crippen LogP contribution is 2.21. The van der Waals surface area contributed by atoms with Crippen LogP contribution >= 0.6 is 0 Å². The van der Waals surface area contributed by atoms with Gasteiger partial charge in [-0.25, -0.2) is 0 Å². The van der Waals surface area contributed by atoms with Gasteiger partial charge in [-0.15, -0.1) is 0 Å². The lowest BCUT2D eigenvalue weighted by atomic mass is 10.0. The first-order chi connectivity index (χ1) is 8.65. The third-order valence-electron chi connectivity index (χ3n) is 3.30. The summed E-state index contributed by atoms with van der Waals surface area (Å²) in [4.78, 5) is 0. The molecule has 0 aliphatic carbocycles. The maximum Gasteiger partial charge on any atom is 0.0723 e. The normalized spacial score (nSPS) is 12.7. The monoisotopic (exact) mass is 243 g/mol. The molecule has 0 aliphatic heterocycles. The predicted octanol–water partition coefficient (Wildman–Crippen LogP) is 2.82. The van der Waals surface area contributed by atoms with Crippen molar-refractivity contribution < 1.29 is 0 Å². The molecule has 1 heterocycles. The summed E-state index contributed by atoms with van der Waals surface area (Å²) in [6.07, 6.45) is 1.06. The van der Waals surface area contributed by atoms with Crippen molar-refractivity contribution in [3.05, 3.63) is 52.8 Å². The molecule has 0 spiro atoms. The average Bonchev–Trinajstić information content (AvgIpc) is 2.79. The molecule has 2 rings (SSSR count). The summed E-state index contributed by atoms with van der Waals surface area (Å²) in [5, 5.41) is 4.45. The van der Waals surface area contributed by atoms with Crippen molar-refractivity contribution >= 4 is 0 Å². The maximum atomic E-state index is 6.34. The molecule has 1 aromatic heterocycles. The van der Waals surface area contributed by atoms with Gasteiger partial charge in [0, 0.05) is 6.54 Å². The second-order valence-electron chi connectivity index (χ2n) is 4.60. The van der Waals surface area contributed by atoms with Gasteiger partial charge < -0.3 is 5.73 Å². The van der Waals surface area contributed by atoms with Crippen LogP contribution in [0.5, 0.6) is 0 Å². The minimum Gasteiger partial charge on any atom is -0.319 e. The summed E-state index contributed by atoms with van der Waals surface area (Å²) in [7, 11) is 0. The fourth-order valence-electron chi connectivity index (χ4n) is 2.20. The summed E-state index contributed by atoms with van der Waals surface area (Å²) in [5.74, 6) is 0. The Balaban J connectivity index is 2.31. The molecule has 0 aliphatic rings. The van der Waals surface area contributed by atoms with E-state index in [1.807, 2.05) is 11.6 Å². The van der Waals surface area contributed by atoms with Crippen LogP contribution in [0, 0.1) is 6.92 Å². The highest BCUT2D eigenvalue weighted by Gasteiger charge is 2.14. The molecule has 0 saturated heterocycles. The van der Waals surface area contributed by atoms with E-state index in [9.17, 15) is 0 Å². The fourth-order valence-corrected chi connectivity index (χ4v) is 2.20. The van der Waals surface area contributed by atoms with Crippen LogP contribution in [0.2, 0.25) is 0 Å². The summed E-state index contributed by atoms with van der Waals surface area (Å²) in [6.45, 7) is 7.10. The van der Waals surface area contributed by atoms with Gasteiger partial charge in [0.15, 0.2) is 0 Å². The van der Waals surface area contributed by atoms with Crippen molar-refractivity contribution in [2.45, 2.75) is 39.8 Å². The molecule has 1 unspecified atom stereocenters. The van der Waals surface area contributed by atoms with E-state index in [2.05, 4.69) is 49.3 Å². The van der Waals surface area contributed by atoms with Crippen molar-refractivity contribution in [3.8, 4) is 0 Å². The molecule has 2 aromatic rings. The lowest BCUT2D eigenvalue weighted by Crippen LogP contribution is -2.17. The SMILES string of the molecule is CCc1ccc(C(N)c2cc(C)nn2CC)cc1. The van der Waals surface area contributed by atoms with Crippen LogP contribution in [0.4, 0.5) is 0 Å². The number of nitrogens with two attached hydrogens (primary N) is 1. The highest BCUT2D eigenvalue weighted by atomic mass is 15.3. The van der Waals surface area contributed by atoms with Crippen LogP contribution < -0.4 is 5.73 Å². The second kappa shape index (κ2) is 5.36. The van der Waals surface area contributed by atoms with Crippen LogP contribution in [0.15, 0.2) is 30.3 Å². The van der Waals surface area contributed by atoms with Crippen molar-refractivity contribution in [1.82, 2.24) is 9.78 Å². The van der Waals surface area contributed by atoms with E-state index in [4.69, 9.17) is 5.73 Å². The molecule has 0 bridgehead atoms. The van der Waals surface area contributed by atoms with Crippen LogP contribution in [0.1, 0.15) is 42.4 Å². The molecular formula is C15H21N3. The molecule has 0 saturated carbocycles. The number of aromatic nitrogens is 2. The van der Waals surface area contributed by atoms with Crippen molar-refractivity contribution in [2.24, 2.45) is 5.73 Å². The van der Waals surface area contributed by atoms with E-state index in [0.29, 0.717) is 0 Å². The molecule has 0 radical (unpaired) electrons. The number of nitrogens with zero attached hydrogens (tertiary/aromatic N) is 2. The lowest BCUT2D eigenvalue weighted by Gasteiger charge is -2.14. The molecule has 3 nitrogen and oxygen atoms in total. The minimum atomic E-state index is -0.0999. The Bertz CT molecular complexity index is 511. The first kappa shape index (κ1) is 12.8. The van der Waals surface area contributed by atoms with Crippen molar-refractivity contribution in [2.75, 3.05) is 0 Å². The maximum absolute atomic E-state index is 6.34. The molecule has 3 heteroatoms. The van der Waals surface area contributed by atoms with Gasteiger partial charge >= 0.3 is 0 Å². The smallest absolute Gasteiger partial charge is 0.0723 e. The Hall–Kier alpha value is -1.61. The van der Waals surface area contributed by atoms with Crippen molar-refractivity contribution in [3.63, 3.8) is 0 Å². The molecule has 0 amide bonds. The Kier molecular flexibility index (Phi) is 3.82. The third kappa shape index (κ3) is 2.46. The minimum absolute atomic E-state index is 0.0999. The topological polar surface area (TPSA) is 43.8 Å². The number of aryl methyl sites for hydroxylation is 3. The predicted molar refractivity (Wildman–Crippen MR) is 74.5 cm³/mol. The standard InChI is InChI=1S/C15H21N3/c1-4-12-6-8-13(9-7-12)15(16)14-10-11(3)17-18(14)5-2/h6-10,15H,4-5,16H2,1-3H3. The van der Waals surface area contributed by atoms with Crippen LogP contribution in [-0.2, 0) is 13.0 Å². The van der Waals surface area contributed by atoms with E-state index in [1.54, 1.807) is 0 Å². The fraction of sp³-hybridized carbons (Fsp3) is 0.400. The van der Waals surface area contributed by atoms with Gasteiger partial charge in [-0.05, 0) is 37.5 Å². The quantitative estimate of drug-likeness (QED) is 0.897. The van der Waals surface area contributed by atoms with Gasteiger partial charge in [-0.1, -0.05) is 31.2 Å². The van der Waals surface area contributed by atoms with Crippen LogP contribution in [0.25, 0.3) is 0 Å². The largest absolute Gasteiger partial charge is 0.319 e. The zero-order valence-corrected chi connectivity index (χ0v) is 11.4. The Labute approximate surface area is 109 Å². The molecule has 96 valence electrons. The Morgan fingerprint density at radius 1 is 1.22 bits per heavy atom. The number of benzene rings is 1. The summed E-state index contributed by atoms with van der Waals surface area (Å²) in [6, 6.07) is 10.5. The van der Waals surface area contributed by atoms with Crippen LogP contribution in [0.3, 0.4) is 0 Å². The van der Waals surface area contributed by atoms with Gasteiger partial charge in [0.1, 0.15) is 0 Å². The molecule has 1 atom stereocenters. The summed E-state index contributed by atoms with van der Waals surface area (Å²) in [5.41, 5.74) is 10.9. The third-order valence-corrected chi connectivity index (χ3v) is 3.30. The second-order valence-corrected chi connectivity index (χ2v) is 4.60. The van der Waals surface area contributed by atoms with E-state index in [-0.39, 0.29) is 6.04 Å². The van der Waals surface area contributed by atoms with Gasteiger partial charge in [-0.2, -0.15) is 5.10 Å². The van der Waals surface area contributed by atoms with E-state index < -0.39 is 0 Å². The van der Waals surface area contributed by atoms with Crippen molar-refractivity contribution in [1.29, 1.82) is 0 Å². The number of hydrogen-bond acceptors (Lipinski definition) is 2. The zero-order valence-electron chi connectivity index (χ0n) is 11.4. The molecular weight excluding hydrogens is 222 g/mol. The average molecular weight is 243 g/mol. The van der Waals surface area contributed by atoms with E-state index in [1.165, 1.54) is 5.56 Å². The first-order valence-corrected chi connectivity index (χ1v) is 6.54. The number of rotatable bonds is 4.